The molecule has 0 spiro atoms. The molecule has 2 aromatic rings. The molecule has 8 heteroatoms. The highest BCUT2D eigenvalue weighted by Gasteiger charge is 2.27. The number of hydrogen-bond acceptors (Lipinski definition) is 5. The molecular weight excluding hydrogens is 322 g/mol. The van der Waals surface area contributed by atoms with Crippen molar-refractivity contribution in [2.24, 2.45) is 0 Å². The number of H-pyrrole nitrogens is 1. The van der Waals surface area contributed by atoms with Crippen LogP contribution in [0.15, 0.2) is 29.1 Å². The largest absolute Gasteiger partial charge is 0.346 e. The number of aromatic amines is 1. The molecule has 1 saturated heterocycles. The van der Waals surface area contributed by atoms with Crippen LogP contribution in [0.5, 0.6) is 0 Å². The second-order valence-corrected chi connectivity index (χ2v) is 6.31. The van der Waals surface area contributed by atoms with Crippen LogP contribution < -0.4 is 15.8 Å². The second-order valence-electron chi connectivity index (χ2n) is 6.31. The summed E-state index contributed by atoms with van der Waals surface area (Å²) in [6, 6.07) is 7.08. The first kappa shape index (κ1) is 16.9. The fourth-order valence-electron chi connectivity index (χ4n) is 2.81. The van der Waals surface area contributed by atoms with Gasteiger partial charge in [0.05, 0.1) is 10.9 Å². The van der Waals surface area contributed by atoms with Crippen molar-refractivity contribution in [3.8, 4) is 0 Å². The van der Waals surface area contributed by atoms with E-state index in [2.05, 4.69) is 15.3 Å². The lowest BCUT2D eigenvalue weighted by Crippen LogP contribution is -2.53. The summed E-state index contributed by atoms with van der Waals surface area (Å²) in [5, 5.41) is 3.15. The van der Waals surface area contributed by atoms with Crippen LogP contribution in [-0.4, -0.2) is 58.9 Å². The van der Waals surface area contributed by atoms with Gasteiger partial charge in [0.1, 0.15) is 0 Å². The Morgan fingerprint density at radius 3 is 2.52 bits per heavy atom. The Balaban J connectivity index is 1.69. The Kier molecular flexibility index (Phi) is 4.69. The van der Waals surface area contributed by atoms with Gasteiger partial charge >= 0.3 is 11.8 Å². The number of piperazine rings is 1. The predicted octanol–water partition coefficient (Wildman–Crippen LogP) is 0.0963. The van der Waals surface area contributed by atoms with Crippen molar-refractivity contribution in [1.29, 1.82) is 0 Å². The Morgan fingerprint density at radius 2 is 1.84 bits per heavy atom. The van der Waals surface area contributed by atoms with Crippen LogP contribution in [-0.2, 0) is 9.59 Å². The van der Waals surface area contributed by atoms with Crippen molar-refractivity contribution in [3.63, 3.8) is 0 Å². The lowest BCUT2D eigenvalue weighted by molar-refractivity contribution is -0.146. The molecule has 132 valence electrons. The van der Waals surface area contributed by atoms with E-state index in [0.29, 0.717) is 43.0 Å². The van der Waals surface area contributed by atoms with E-state index in [4.69, 9.17) is 0 Å². The monoisotopic (exact) mass is 343 g/mol. The van der Waals surface area contributed by atoms with Crippen LogP contribution in [0.4, 0.5) is 5.95 Å². The summed E-state index contributed by atoms with van der Waals surface area (Å²) in [4.78, 5) is 46.8. The van der Waals surface area contributed by atoms with E-state index in [0.717, 1.165) is 0 Å². The van der Waals surface area contributed by atoms with Gasteiger partial charge in [-0.05, 0) is 26.0 Å². The minimum Gasteiger partial charge on any atom is -0.346 e. The normalized spacial score (nSPS) is 14.8. The van der Waals surface area contributed by atoms with E-state index in [9.17, 15) is 14.4 Å². The molecule has 1 aliphatic heterocycles. The van der Waals surface area contributed by atoms with Gasteiger partial charge in [-0.25, -0.2) is 4.98 Å². The third-order valence-electron chi connectivity index (χ3n) is 4.08. The average Bonchev–Trinajstić information content (AvgIpc) is 2.60. The highest BCUT2D eigenvalue weighted by atomic mass is 16.2. The molecule has 0 aliphatic carbocycles. The Morgan fingerprint density at radius 1 is 1.16 bits per heavy atom. The Bertz CT molecular complexity index is 853. The maximum atomic E-state index is 12.2. The zero-order valence-corrected chi connectivity index (χ0v) is 14.3. The number of anilines is 1. The number of para-hydroxylation sites is 1. The molecule has 1 aromatic carbocycles. The van der Waals surface area contributed by atoms with E-state index >= 15 is 0 Å². The van der Waals surface area contributed by atoms with Crippen LogP contribution in [0, 0.1) is 0 Å². The molecule has 3 rings (SSSR count). The number of nitrogens with one attached hydrogen (secondary N) is 2. The van der Waals surface area contributed by atoms with Crippen molar-refractivity contribution in [2.75, 3.05) is 31.1 Å². The molecule has 1 aromatic heterocycles. The third-order valence-corrected chi connectivity index (χ3v) is 4.08. The van der Waals surface area contributed by atoms with E-state index in [1.165, 1.54) is 4.90 Å². The molecule has 2 N–H and O–H groups in total. The minimum absolute atomic E-state index is 0.0791. The molecule has 0 unspecified atom stereocenters. The number of hydrogen-bond donors (Lipinski definition) is 2. The van der Waals surface area contributed by atoms with Crippen molar-refractivity contribution in [3.05, 3.63) is 34.6 Å². The average molecular weight is 343 g/mol. The quantitative estimate of drug-likeness (QED) is 0.754. The highest BCUT2D eigenvalue weighted by molar-refractivity contribution is 6.35. The fourth-order valence-corrected chi connectivity index (χ4v) is 2.81. The summed E-state index contributed by atoms with van der Waals surface area (Å²) >= 11 is 0. The number of rotatable bonds is 2. The van der Waals surface area contributed by atoms with Gasteiger partial charge in [-0.3, -0.25) is 19.4 Å². The van der Waals surface area contributed by atoms with Gasteiger partial charge in [0.15, 0.2) is 0 Å². The summed E-state index contributed by atoms with van der Waals surface area (Å²) in [6.07, 6.45) is 0. The number of aromatic nitrogens is 2. The van der Waals surface area contributed by atoms with Crippen molar-refractivity contribution < 1.29 is 9.59 Å². The highest BCUT2D eigenvalue weighted by Crippen LogP contribution is 2.13. The molecule has 0 atom stereocenters. The van der Waals surface area contributed by atoms with Gasteiger partial charge in [0, 0.05) is 32.2 Å². The molecule has 2 amide bonds. The number of fused-ring (bicyclic) bond motifs is 1. The first-order chi connectivity index (χ1) is 12.0. The third kappa shape index (κ3) is 3.62. The van der Waals surface area contributed by atoms with Crippen LogP contribution in [0.1, 0.15) is 13.8 Å². The zero-order valence-electron chi connectivity index (χ0n) is 14.3. The minimum atomic E-state index is -0.583. The topological polar surface area (TPSA) is 98.4 Å². The summed E-state index contributed by atoms with van der Waals surface area (Å²) in [6.45, 7) is 5.43. The van der Waals surface area contributed by atoms with E-state index in [-0.39, 0.29) is 11.6 Å². The van der Waals surface area contributed by atoms with Crippen molar-refractivity contribution >= 4 is 28.7 Å². The molecule has 1 aliphatic rings. The lowest BCUT2D eigenvalue weighted by atomic mass is 10.2. The van der Waals surface area contributed by atoms with Gasteiger partial charge in [0.2, 0.25) is 5.95 Å². The van der Waals surface area contributed by atoms with Gasteiger partial charge < -0.3 is 15.1 Å². The first-order valence-electron chi connectivity index (χ1n) is 8.29. The molecule has 0 saturated carbocycles. The maximum Gasteiger partial charge on any atom is 0.312 e. The maximum absolute atomic E-state index is 12.2. The van der Waals surface area contributed by atoms with Crippen LogP contribution in [0.25, 0.3) is 10.9 Å². The number of carbonyl (C=O) groups is 2. The number of nitrogens with zero attached hydrogens (tertiary/aromatic N) is 3. The van der Waals surface area contributed by atoms with E-state index < -0.39 is 11.8 Å². The number of amides is 2. The van der Waals surface area contributed by atoms with Crippen molar-refractivity contribution in [1.82, 2.24) is 20.2 Å². The number of carbonyl (C=O) groups excluding carboxylic acids is 2. The predicted molar refractivity (Wildman–Crippen MR) is 94.4 cm³/mol. The Hall–Kier alpha value is -2.90. The molecule has 8 nitrogen and oxygen atoms in total. The van der Waals surface area contributed by atoms with Gasteiger partial charge in [0.25, 0.3) is 5.56 Å². The smallest absolute Gasteiger partial charge is 0.312 e. The SMILES string of the molecule is CC(C)NC(=O)C(=O)N1CCN(c2nc3ccccc3c(=O)[nH]2)CC1. The fraction of sp³-hybridized carbons (Fsp3) is 0.412. The molecule has 25 heavy (non-hydrogen) atoms. The summed E-state index contributed by atoms with van der Waals surface area (Å²) < 4.78 is 0. The standard InChI is InChI=1S/C17H21N5O3/c1-11(2)18-15(24)16(25)21-7-9-22(10-8-21)17-19-13-6-4-3-5-12(13)14(23)20-17/h3-6,11H,7-10H2,1-2H3,(H,18,24)(H,19,20,23). The molecule has 2 heterocycles. The molecular formula is C17H21N5O3. The van der Waals surface area contributed by atoms with Gasteiger partial charge in [-0.1, -0.05) is 12.1 Å². The summed E-state index contributed by atoms with van der Waals surface area (Å²) in [7, 11) is 0. The second kappa shape index (κ2) is 6.92. The van der Waals surface area contributed by atoms with Crippen LogP contribution in [0.2, 0.25) is 0 Å². The van der Waals surface area contributed by atoms with Crippen LogP contribution in [0.3, 0.4) is 0 Å². The summed E-state index contributed by atoms with van der Waals surface area (Å²) in [5.74, 6) is -0.614. The molecule has 0 bridgehead atoms. The number of benzene rings is 1. The van der Waals surface area contributed by atoms with Gasteiger partial charge in [-0.2, -0.15) is 0 Å². The lowest BCUT2D eigenvalue weighted by Gasteiger charge is -2.34. The first-order valence-corrected chi connectivity index (χ1v) is 8.29. The van der Waals surface area contributed by atoms with Gasteiger partial charge in [-0.15, -0.1) is 0 Å². The summed E-state index contributed by atoms with van der Waals surface area (Å²) in [5.41, 5.74) is 0.450. The molecule has 0 radical (unpaired) electrons. The zero-order chi connectivity index (χ0) is 18.0. The van der Waals surface area contributed by atoms with Crippen molar-refractivity contribution in [2.45, 2.75) is 19.9 Å². The van der Waals surface area contributed by atoms with Crippen LogP contribution >= 0.6 is 0 Å². The van der Waals surface area contributed by atoms with E-state index in [1.807, 2.05) is 24.8 Å². The molecule has 1 fully saturated rings. The van der Waals surface area contributed by atoms with E-state index in [1.54, 1.807) is 18.2 Å². The Labute approximate surface area is 144 Å².